The van der Waals surface area contributed by atoms with Gasteiger partial charge in [-0.05, 0) is 24.1 Å². The van der Waals surface area contributed by atoms with Gasteiger partial charge in [-0.15, -0.1) is 0 Å². The van der Waals surface area contributed by atoms with Crippen LogP contribution in [0.25, 0.3) is 0 Å². The fourth-order valence-electron chi connectivity index (χ4n) is 1.74. The Kier molecular flexibility index (Phi) is 5.99. The number of methoxy groups -OCH3 is 1. The Bertz CT molecular complexity index is 403. The van der Waals surface area contributed by atoms with Crippen molar-refractivity contribution in [2.45, 2.75) is 26.7 Å². The second-order valence-corrected chi connectivity index (χ2v) is 4.66. The quantitative estimate of drug-likeness (QED) is 0.794. The number of ether oxygens (including phenoxy) is 1. The zero-order chi connectivity index (χ0) is 13.5. The van der Waals surface area contributed by atoms with Gasteiger partial charge in [-0.1, -0.05) is 38.3 Å². The standard InChI is InChI=1S/C14H20ClNO2/c1-4-10(5-2)9-16-13-8-11(14(17)18-3)6-7-12(13)15/h6-8,10,16H,4-5,9H2,1-3H3. The fraction of sp³-hybridized carbons (Fsp3) is 0.500. The van der Waals surface area contributed by atoms with Crippen LogP contribution in [0, 0.1) is 5.92 Å². The van der Waals surface area contributed by atoms with Crippen LogP contribution >= 0.6 is 11.6 Å². The van der Waals surface area contributed by atoms with Gasteiger partial charge in [-0.25, -0.2) is 4.79 Å². The number of carbonyl (C=O) groups is 1. The van der Waals surface area contributed by atoms with E-state index in [9.17, 15) is 4.79 Å². The zero-order valence-corrected chi connectivity index (χ0v) is 11.9. The van der Waals surface area contributed by atoms with Crippen molar-refractivity contribution in [2.75, 3.05) is 19.0 Å². The molecule has 0 amide bonds. The number of anilines is 1. The van der Waals surface area contributed by atoms with Crippen LogP contribution in [0.1, 0.15) is 37.0 Å². The third-order valence-electron chi connectivity index (χ3n) is 3.12. The van der Waals surface area contributed by atoms with Crippen LogP contribution < -0.4 is 5.32 Å². The molecule has 0 heterocycles. The van der Waals surface area contributed by atoms with Crippen molar-refractivity contribution in [1.29, 1.82) is 0 Å². The predicted molar refractivity (Wildman–Crippen MR) is 75.4 cm³/mol. The van der Waals surface area contributed by atoms with E-state index in [1.807, 2.05) is 0 Å². The molecule has 0 atom stereocenters. The van der Waals surface area contributed by atoms with Gasteiger partial charge in [0, 0.05) is 6.54 Å². The number of hydrogen-bond acceptors (Lipinski definition) is 3. The molecule has 1 aromatic carbocycles. The van der Waals surface area contributed by atoms with E-state index in [0.29, 0.717) is 16.5 Å². The third-order valence-corrected chi connectivity index (χ3v) is 3.45. The molecule has 0 bridgehead atoms. The molecule has 0 saturated carbocycles. The molecule has 0 aromatic heterocycles. The molecule has 1 rings (SSSR count). The average molecular weight is 270 g/mol. The summed E-state index contributed by atoms with van der Waals surface area (Å²) in [6, 6.07) is 5.11. The van der Waals surface area contributed by atoms with Gasteiger partial charge in [0.2, 0.25) is 0 Å². The van der Waals surface area contributed by atoms with Crippen LogP contribution in [0.5, 0.6) is 0 Å². The van der Waals surface area contributed by atoms with Gasteiger partial charge in [0.05, 0.1) is 23.4 Å². The maximum Gasteiger partial charge on any atom is 0.337 e. The molecule has 0 saturated heterocycles. The maximum absolute atomic E-state index is 11.4. The number of esters is 1. The molecule has 1 N–H and O–H groups in total. The molecular weight excluding hydrogens is 250 g/mol. The van der Waals surface area contributed by atoms with Gasteiger partial charge in [-0.3, -0.25) is 0 Å². The normalized spacial score (nSPS) is 10.5. The summed E-state index contributed by atoms with van der Waals surface area (Å²) in [5, 5.41) is 3.91. The molecule has 100 valence electrons. The lowest BCUT2D eigenvalue weighted by molar-refractivity contribution is 0.0601. The van der Waals surface area contributed by atoms with Crippen LogP contribution in [-0.4, -0.2) is 19.6 Å². The van der Waals surface area contributed by atoms with E-state index >= 15 is 0 Å². The molecule has 0 aliphatic heterocycles. The maximum atomic E-state index is 11.4. The summed E-state index contributed by atoms with van der Waals surface area (Å²) in [5.74, 6) is 0.264. The minimum atomic E-state index is -0.350. The Labute approximate surface area is 113 Å². The second-order valence-electron chi connectivity index (χ2n) is 4.25. The van der Waals surface area contributed by atoms with E-state index in [0.717, 1.165) is 25.1 Å². The molecule has 0 radical (unpaired) electrons. The summed E-state index contributed by atoms with van der Waals surface area (Å²) in [6.45, 7) is 5.20. The molecule has 4 heteroatoms. The number of halogens is 1. The predicted octanol–water partition coefficient (Wildman–Crippen LogP) is 3.97. The number of benzene rings is 1. The molecule has 1 aromatic rings. The SMILES string of the molecule is CCC(CC)CNc1cc(C(=O)OC)ccc1Cl. The van der Waals surface area contributed by atoms with Crippen molar-refractivity contribution in [3.8, 4) is 0 Å². The molecule has 0 fully saturated rings. The minimum Gasteiger partial charge on any atom is -0.465 e. The lowest BCUT2D eigenvalue weighted by Gasteiger charge is -2.15. The number of hydrogen-bond donors (Lipinski definition) is 1. The van der Waals surface area contributed by atoms with Crippen LogP contribution in [0.4, 0.5) is 5.69 Å². The summed E-state index contributed by atoms with van der Waals surface area (Å²) in [7, 11) is 1.37. The first kappa shape index (κ1) is 14.8. The first-order valence-electron chi connectivity index (χ1n) is 6.24. The van der Waals surface area contributed by atoms with Crippen LogP contribution in [0.2, 0.25) is 5.02 Å². The van der Waals surface area contributed by atoms with Crippen LogP contribution in [0.15, 0.2) is 18.2 Å². The van der Waals surface area contributed by atoms with Gasteiger partial charge in [0.25, 0.3) is 0 Å². The van der Waals surface area contributed by atoms with Gasteiger partial charge in [0.1, 0.15) is 0 Å². The van der Waals surface area contributed by atoms with Crippen LogP contribution in [0.3, 0.4) is 0 Å². The van der Waals surface area contributed by atoms with Gasteiger partial charge < -0.3 is 10.1 Å². The number of nitrogens with one attached hydrogen (secondary N) is 1. The second kappa shape index (κ2) is 7.27. The summed E-state index contributed by atoms with van der Waals surface area (Å²) in [5.41, 5.74) is 1.29. The smallest absolute Gasteiger partial charge is 0.337 e. The van der Waals surface area contributed by atoms with E-state index in [4.69, 9.17) is 11.6 Å². The first-order chi connectivity index (χ1) is 8.62. The number of carbonyl (C=O) groups excluding carboxylic acids is 1. The van der Waals surface area contributed by atoms with Gasteiger partial charge in [-0.2, -0.15) is 0 Å². The van der Waals surface area contributed by atoms with E-state index < -0.39 is 0 Å². The molecule has 3 nitrogen and oxygen atoms in total. The highest BCUT2D eigenvalue weighted by atomic mass is 35.5. The summed E-state index contributed by atoms with van der Waals surface area (Å²) in [4.78, 5) is 11.4. The Hall–Kier alpha value is -1.22. The summed E-state index contributed by atoms with van der Waals surface area (Å²) < 4.78 is 4.69. The van der Waals surface area contributed by atoms with E-state index in [1.54, 1.807) is 18.2 Å². The van der Waals surface area contributed by atoms with Gasteiger partial charge in [0.15, 0.2) is 0 Å². The van der Waals surface area contributed by atoms with Crippen molar-refractivity contribution in [3.63, 3.8) is 0 Å². The monoisotopic (exact) mass is 269 g/mol. The lowest BCUT2D eigenvalue weighted by atomic mass is 10.0. The average Bonchev–Trinajstić information content (AvgIpc) is 2.40. The lowest BCUT2D eigenvalue weighted by Crippen LogP contribution is -2.13. The molecule has 0 aliphatic carbocycles. The van der Waals surface area contributed by atoms with E-state index in [2.05, 4.69) is 23.9 Å². The van der Waals surface area contributed by atoms with Gasteiger partial charge >= 0.3 is 5.97 Å². The zero-order valence-electron chi connectivity index (χ0n) is 11.1. The van der Waals surface area contributed by atoms with Crippen LogP contribution in [-0.2, 0) is 4.74 Å². The first-order valence-corrected chi connectivity index (χ1v) is 6.61. The van der Waals surface area contributed by atoms with Crippen molar-refractivity contribution < 1.29 is 9.53 Å². The Balaban J connectivity index is 2.78. The van der Waals surface area contributed by atoms with Crippen molar-refractivity contribution in [1.82, 2.24) is 0 Å². The largest absolute Gasteiger partial charge is 0.465 e. The Morgan fingerprint density at radius 3 is 2.61 bits per heavy atom. The van der Waals surface area contributed by atoms with E-state index in [-0.39, 0.29) is 5.97 Å². The molecule has 0 spiro atoms. The Morgan fingerprint density at radius 1 is 1.39 bits per heavy atom. The highest BCUT2D eigenvalue weighted by molar-refractivity contribution is 6.33. The van der Waals surface area contributed by atoms with Crippen molar-refractivity contribution in [2.24, 2.45) is 5.92 Å². The number of rotatable bonds is 6. The fourth-order valence-corrected chi connectivity index (χ4v) is 1.92. The topological polar surface area (TPSA) is 38.3 Å². The molecular formula is C14H20ClNO2. The molecule has 0 aliphatic rings. The third kappa shape index (κ3) is 3.91. The van der Waals surface area contributed by atoms with E-state index in [1.165, 1.54) is 7.11 Å². The minimum absolute atomic E-state index is 0.350. The molecule has 18 heavy (non-hydrogen) atoms. The highest BCUT2D eigenvalue weighted by Gasteiger charge is 2.10. The summed E-state index contributed by atoms with van der Waals surface area (Å²) in [6.07, 6.45) is 2.25. The van der Waals surface area contributed by atoms with Crippen molar-refractivity contribution in [3.05, 3.63) is 28.8 Å². The Morgan fingerprint density at radius 2 is 2.06 bits per heavy atom. The van der Waals surface area contributed by atoms with Crippen molar-refractivity contribution >= 4 is 23.3 Å². The highest BCUT2D eigenvalue weighted by Crippen LogP contribution is 2.24. The molecule has 0 unspecified atom stereocenters. The summed E-state index contributed by atoms with van der Waals surface area (Å²) >= 11 is 6.10.